The molecule has 1 amide bonds. The molecule has 32 heavy (non-hydrogen) atoms. The van der Waals surface area contributed by atoms with Crippen molar-refractivity contribution in [1.29, 1.82) is 0 Å². The quantitative estimate of drug-likeness (QED) is 0.314. The van der Waals surface area contributed by atoms with Crippen LogP contribution in [0.1, 0.15) is 20.8 Å². The first kappa shape index (κ1) is 22.4. The van der Waals surface area contributed by atoms with Gasteiger partial charge in [-0.25, -0.2) is 8.78 Å². The second-order valence-corrected chi connectivity index (χ2v) is 8.88. The van der Waals surface area contributed by atoms with Crippen molar-refractivity contribution in [2.24, 2.45) is 0 Å². The summed E-state index contributed by atoms with van der Waals surface area (Å²) < 4.78 is 33.8. The summed E-state index contributed by atoms with van der Waals surface area (Å²) in [6.07, 6.45) is 0.606. The number of fused-ring (bicyclic) bond motifs is 1. The number of ether oxygens (including phenoxy) is 1. The Morgan fingerprint density at radius 2 is 1.94 bits per heavy atom. The van der Waals surface area contributed by atoms with E-state index in [-0.39, 0.29) is 16.5 Å². The van der Waals surface area contributed by atoms with Crippen molar-refractivity contribution < 1.29 is 18.3 Å². The molecule has 0 spiro atoms. The Morgan fingerprint density at radius 3 is 2.72 bits per heavy atom. The summed E-state index contributed by atoms with van der Waals surface area (Å²) >= 11 is 7.50. The molecule has 0 aliphatic heterocycles. The molecule has 1 N–H and O–H groups in total. The van der Waals surface area contributed by atoms with Crippen LogP contribution in [0.5, 0.6) is 0 Å². The van der Waals surface area contributed by atoms with Crippen molar-refractivity contribution in [3.63, 3.8) is 0 Å². The highest BCUT2D eigenvalue weighted by Crippen LogP contribution is 2.36. The zero-order chi connectivity index (χ0) is 22.7. The molecular weight excluding hydrogens is 452 g/mol. The first-order valence-electron chi connectivity index (χ1n) is 9.98. The van der Waals surface area contributed by atoms with E-state index in [0.29, 0.717) is 25.1 Å². The van der Waals surface area contributed by atoms with E-state index >= 15 is 0 Å². The summed E-state index contributed by atoms with van der Waals surface area (Å²) in [6, 6.07) is 16.9. The van der Waals surface area contributed by atoms with Crippen LogP contribution in [-0.2, 0) is 11.2 Å². The van der Waals surface area contributed by atoms with Gasteiger partial charge in [0.2, 0.25) is 0 Å². The van der Waals surface area contributed by atoms with Gasteiger partial charge in [0.05, 0.1) is 11.6 Å². The topological polar surface area (TPSA) is 38.3 Å². The van der Waals surface area contributed by atoms with Gasteiger partial charge < -0.3 is 10.1 Å². The summed E-state index contributed by atoms with van der Waals surface area (Å²) in [5, 5.41) is 3.83. The van der Waals surface area contributed by atoms with Gasteiger partial charge in [-0.15, -0.1) is 11.3 Å². The van der Waals surface area contributed by atoms with Gasteiger partial charge in [-0.1, -0.05) is 35.9 Å². The number of carbonyl (C=O) groups is 1. The third-order valence-electron chi connectivity index (χ3n) is 5.02. The molecule has 0 bridgehead atoms. The molecule has 1 heterocycles. The molecule has 1 aromatic heterocycles. The van der Waals surface area contributed by atoms with E-state index in [2.05, 4.69) is 11.4 Å². The van der Waals surface area contributed by atoms with Gasteiger partial charge in [-0.05, 0) is 58.5 Å². The third-order valence-corrected chi connectivity index (χ3v) is 6.49. The molecule has 0 radical (unpaired) electrons. The van der Waals surface area contributed by atoms with Crippen molar-refractivity contribution in [3.05, 3.63) is 93.3 Å². The normalized spacial score (nSPS) is 11.1. The van der Waals surface area contributed by atoms with E-state index in [1.54, 1.807) is 36.6 Å². The van der Waals surface area contributed by atoms with Gasteiger partial charge in [0.25, 0.3) is 5.91 Å². The van der Waals surface area contributed by atoms with Crippen LogP contribution in [-0.4, -0.2) is 26.2 Å². The fourth-order valence-corrected chi connectivity index (χ4v) is 4.96. The van der Waals surface area contributed by atoms with Crippen LogP contribution >= 0.6 is 22.9 Å². The number of carbonyl (C=O) groups excluding carboxylic acids is 1. The molecule has 7 heteroatoms. The fraction of sp³-hybridized carbons (Fsp3) is 0.160. The monoisotopic (exact) mass is 471 g/mol. The number of hydrogen-bond donors (Lipinski definition) is 1. The minimum atomic E-state index is -0.478. The molecule has 3 nitrogen and oxygen atoms in total. The van der Waals surface area contributed by atoms with Crippen molar-refractivity contribution in [2.75, 3.05) is 20.3 Å². The Kier molecular flexibility index (Phi) is 6.84. The van der Waals surface area contributed by atoms with Crippen molar-refractivity contribution in [2.45, 2.75) is 6.42 Å². The number of amides is 1. The lowest BCUT2D eigenvalue weighted by Crippen LogP contribution is -2.27. The molecule has 0 atom stereocenters. The van der Waals surface area contributed by atoms with E-state index < -0.39 is 11.6 Å². The largest absolute Gasteiger partial charge is 0.383 e. The Bertz CT molecular complexity index is 1290. The van der Waals surface area contributed by atoms with E-state index in [1.807, 2.05) is 18.2 Å². The van der Waals surface area contributed by atoms with Gasteiger partial charge in [-0.2, -0.15) is 0 Å². The summed E-state index contributed by atoms with van der Waals surface area (Å²) in [4.78, 5) is 13.5. The lowest BCUT2D eigenvalue weighted by Gasteiger charge is -2.09. The molecule has 0 saturated carbocycles. The maximum absolute atomic E-state index is 14.4. The SMILES string of the molecule is COCCNC(=O)c1cc(F)cc(-c2cccc3cc(Cc4ccc(F)c(Cl)c4)sc23)c1. The van der Waals surface area contributed by atoms with Crippen LogP contribution in [0.25, 0.3) is 21.2 Å². The fourth-order valence-electron chi connectivity index (χ4n) is 3.53. The van der Waals surface area contributed by atoms with Gasteiger partial charge in [0, 0.05) is 35.2 Å². The molecule has 0 aliphatic carbocycles. The summed E-state index contributed by atoms with van der Waals surface area (Å²) in [7, 11) is 1.55. The highest BCUT2D eigenvalue weighted by molar-refractivity contribution is 7.19. The maximum atomic E-state index is 14.4. The third kappa shape index (κ3) is 4.99. The minimum Gasteiger partial charge on any atom is -0.383 e. The van der Waals surface area contributed by atoms with Gasteiger partial charge in [0.1, 0.15) is 11.6 Å². The predicted octanol–water partition coefficient (Wildman–Crippen LogP) is 6.47. The molecule has 3 aromatic carbocycles. The highest BCUT2D eigenvalue weighted by atomic mass is 35.5. The Balaban J connectivity index is 1.67. The molecule has 0 fully saturated rings. The van der Waals surface area contributed by atoms with Crippen LogP contribution in [0, 0.1) is 11.6 Å². The van der Waals surface area contributed by atoms with Crippen molar-refractivity contribution in [1.82, 2.24) is 5.32 Å². The second-order valence-electron chi connectivity index (χ2n) is 7.34. The first-order valence-corrected chi connectivity index (χ1v) is 11.2. The average molecular weight is 472 g/mol. The number of nitrogens with one attached hydrogen (secondary N) is 1. The molecule has 0 unspecified atom stereocenters. The smallest absolute Gasteiger partial charge is 0.251 e. The molecule has 4 aromatic rings. The number of thiophene rings is 1. The van der Waals surface area contributed by atoms with E-state index in [4.69, 9.17) is 16.3 Å². The van der Waals surface area contributed by atoms with Crippen LogP contribution < -0.4 is 5.32 Å². The number of rotatable bonds is 7. The maximum Gasteiger partial charge on any atom is 0.251 e. The number of benzene rings is 3. The van der Waals surface area contributed by atoms with Crippen LogP contribution in [0.3, 0.4) is 0 Å². The lowest BCUT2D eigenvalue weighted by molar-refractivity contribution is 0.0936. The molecular formula is C25H20ClF2NO2S. The van der Waals surface area contributed by atoms with E-state index in [0.717, 1.165) is 26.1 Å². The molecule has 0 saturated heterocycles. The molecule has 164 valence electrons. The Hall–Kier alpha value is -2.80. The standard InChI is InChI=1S/C25H20ClF2NO2S/c1-31-8-7-29-25(30)18-11-17(12-19(27)13-18)21-4-2-3-16-14-20(32-24(16)21)9-15-5-6-23(28)22(26)10-15/h2-6,10-14H,7-9H2,1H3,(H,29,30). The highest BCUT2D eigenvalue weighted by Gasteiger charge is 2.14. The van der Waals surface area contributed by atoms with Crippen LogP contribution in [0.15, 0.2) is 60.7 Å². The molecule has 4 rings (SSSR count). The molecule has 0 aliphatic rings. The summed E-state index contributed by atoms with van der Waals surface area (Å²) in [5.41, 5.74) is 2.64. The van der Waals surface area contributed by atoms with Gasteiger partial charge in [-0.3, -0.25) is 4.79 Å². The second kappa shape index (κ2) is 9.77. The summed E-state index contributed by atoms with van der Waals surface area (Å²) in [6.45, 7) is 0.725. The van der Waals surface area contributed by atoms with Crippen molar-refractivity contribution >= 4 is 38.9 Å². The first-order chi connectivity index (χ1) is 15.4. The Labute approximate surface area is 193 Å². The van der Waals surface area contributed by atoms with E-state index in [1.165, 1.54) is 18.2 Å². The summed E-state index contributed by atoms with van der Waals surface area (Å²) in [5.74, 6) is -1.27. The van der Waals surface area contributed by atoms with Gasteiger partial charge in [0.15, 0.2) is 0 Å². The Morgan fingerprint density at radius 1 is 1.09 bits per heavy atom. The number of halogens is 3. The lowest BCUT2D eigenvalue weighted by atomic mass is 10.0. The zero-order valence-electron chi connectivity index (χ0n) is 17.3. The zero-order valence-corrected chi connectivity index (χ0v) is 18.8. The minimum absolute atomic E-state index is 0.0976. The number of methoxy groups -OCH3 is 1. The van der Waals surface area contributed by atoms with E-state index in [9.17, 15) is 13.6 Å². The number of hydrogen-bond acceptors (Lipinski definition) is 3. The predicted molar refractivity (Wildman–Crippen MR) is 126 cm³/mol. The van der Waals surface area contributed by atoms with Crippen molar-refractivity contribution in [3.8, 4) is 11.1 Å². The van der Waals surface area contributed by atoms with Crippen LogP contribution in [0.2, 0.25) is 5.02 Å². The van der Waals surface area contributed by atoms with Gasteiger partial charge >= 0.3 is 0 Å². The average Bonchev–Trinajstić information content (AvgIpc) is 3.18. The van der Waals surface area contributed by atoms with Crippen LogP contribution in [0.4, 0.5) is 8.78 Å².